The number of phenolic OH excluding ortho intramolecular Hbond substituents is 2. The van der Waals surface area contributed by atoms with Crippen LogP contribution < -0.4 is 14.9 Å². The van der Waals surface area contributed by atoms with Crippen molar-refractivity contribution in [2.24, 2.45) is 5.10 Å². The predicted molar refractivity (Wildman–Crippen MR) is 107 cm³/mol. The van der Waals surface area contributed by atoms with E-state index in [2.05, 4.69) is 58.3 Å². The van der Waals surface area contributed by atoms with Crippen molar-refractivity contribution in [2.45, 2.75) is 0 Å². The number of carbonyl (C=O) groups is 1. The van der Waals surface area contributed by atoms with Crippen molar-refractivity contribution in [3.8, 4) is 23.0 Å². The van der Waals surface area contributed by atoms with Gasteiger partial charge in [-0.2, -0.15) is 5.10 Å². The molecule has 0 aromatic heterocycles. The number of halogens is 3. The summed E-state index contributed by atoms with van der Waals surface area (Å²) in [6.45, 7) is -0.274. The zero-order valence-corrected chi connectivity index (χ0v) is 18.1. The highest BCUT2D eigenvalue weighted by molar-refractivity contribution is 9.11. The first kappa shape index (κ1) is 20.5. The van der Waals surface area contributed by atoms with Crippen molar-refractivity contribution < 1.29 is 24.5 Å². The van der Waals surface area contributed by atoms with Gasteiger partial charge in [-0.1, -0.05) is 15.9 Å². The molecule has 0 aliphatic heterocycles. The third kappa shape index (κ3) is 5.12. The van der Waals surface area contributed by atoms with Crippen molar-refractivity contribution in [3.05, 3.63) is 43.2 Å². The molecule has 0 heterocycles. The predicted octanol–water partition coefficient (Wildman–Crippen LogP) is 3.92. The maximum absolute atomic E-state index is 11.8. The van der Waals surface area contributed by atoms with Gasteiger partial charge in [-0.3, -0.25) is 4.79 Å². The summed E-state index contributed by atoms with van der Waals surface area (Å²) in [6.07, 6.45) is 1.24. The molecule has 2 rings (SSSR count). The molecule has 1 amide bonds. The zero-order chi connectivity index (χ0) is 19.3. The van der Waals surface area contributed by atoms with Gasteiger partial charge in [0.1, 0.15) is 16.0 Å². The minimum absolute atomic E-state index is 0.116. The van der Waals surface area contributed by atoms with Crippen LogP contribution in [-0.4, -0.2) is 36.1 Å². The van der Waals surface area contributed by atoms with Crippen LogP contribution in [0.4, 0.5) is 0 Å². The summed E-state index contributed by atoms with van der Waals surface area (Å²) in [7, 11) is 1.50. The van der Waals surface area contributed by atoms with Crippen LogP contribution in [0.15, 0.2) is 42.8 Å². The molecule has 0 saturated heterocycles. The molecule has 0 fully saturated rings. The van der Waals surface area contributed by atoms with Gasteiger partial charge in [-0.25, -0.2) is 5.43 Å². The van der Waals surface area contributed by atoms with Gasteiger partial charge >= 0.3 is 0 Å². The summed E-state index contributed by atoms with van der Waals surface area (Å²) in [6, 6.07) is 6.60. The molecule has 2 aromatic rings. The molecule has 0 spiro atoms. The van der Waals surface area contributed by atoms with Gasteiger partial charge in [0.25, 0.3) is 5.91 Å². The Hall–Kier alpha value is -1.78. The molecular weight excluding hydrogens is 540 g/mol. The van der Waals surface area contributed by atoms with Crippen molar-refractivity contribution in [2.75, 3.05) is 13.7 Å². The monoisotopic (exact) mass is 550 g/mol. The summed E-state index contributed by atoms with van der Waals surface area (Å²) in [5.74, 6) is 0.0564. The van der Waals surface area contributed by atoms with E-state index in [4.69, 9.17) is 9.47 Å². The molecule has 3 N–H and O–H groups in total. The number of hydrazone groups is 1. The summed E-state index contributed by atoms with van der Waals surface area (Å²) in [5, 5.41) is 23.3. The van der Waals surface area contributed by atoms with Crippen molar-refractivity contribution in [1.82, 2.24) is 5.43 Å². The number of hydrogen-bond acceptors (Lipinski definition) is 6. The van der Waals surface area contributed by atoms with E-state index in [1.165, 1.54) is 19.4 Å². The molecule has 0 aliphatic rings. The molecule has 0 unspecified atom stereocenters. The molecule has 138 valence electrons. The number of methoxy groups -OCH3 is 1. The van der Waals surface area contributed by atoms with Crippen LogP contribution in [0.5, 0.6) is 23.0 Å². The smallest absolute Gasteiger partial charge is 0.277 e. The Kier molecular flexibility index (Phi) is 7.30. The average molecular weight is 553 g/mol. The first-order chi connectivity index (χ1) is 12.3. The summed E-state index contributed by atoms with van der Waals surface area (Å²) < 4.78 is 11.9. The lowest BCUT2D eigenvalue weighted by Crippen LogP contribution is -2.24. The average Bonchev–Trinajstić information content (AvgIpc) is 2.62. The van der Waals surface area contributed by atoms with E-state index < -0.39 is 5.91 Å². The van der Waals surface area contributed by atoms with Crippen LogP contribution in [0.2, 0.25) is 0 Å². The number of nitrogens with one attached hydrogen (secondary N) is 1. The zero-order valence-electron chi connectivity index (χ0n) is 13.3. The van der Waals surface area contributed by atoms with E-state index in [9.17, 15) is 15.0 Å². The number of nitrogens with zero attached hydrogens (tertiary/aromatic N) is 1. The Morgan fingerprint density at radius 2 is 1.92 bits per heavy atom. The second kappa shape index (κ2) is 9.24. The Balaban J connectivity index is 1.96. The number of aromatic hydroxyl groups is 2. The first-order valence-electron chi connectivity index (χ1n) is 7.01. The summed E-state index contributed by atoms with van der Waals surface area (Å²) in [5.41, 5.74) is 2.57. The molecule has 0 aliphatic carbocycles. The van der Waals surface area contributed by atoms with Gasteiger partial charge in [0.05, 0.1) is 17.8 Å². The third-order valence-corrected chi connectivity index (χ3v) is 4.92. The van der Waals surface area contributed by atoms with E-state index in [1.54, 1.807) is 18.2 Å². The fraction of sp³-hybridized carbons (Fsp3) is 0.125. The Labute approximate surface area is 174 Å². The molecule has 10 heteroatoms. The maximum Gasteiger partial charge on any atom is 0.277 e. The highest BCUT2D eigenvalue weighted by Gasteiger charge is 2.13. The molecule has 0 bridgehead atoms. The van der Waals surface area contributed by atoms with Gasteiger partial charge in [-0.15, -0.1) is 0 Å². The van der Waals surface area contributed by atoms with Crippen molar-refractivity contribution in [1.29, 1.82) is 0 Å². The standard InChI is InChI=1S/C16H13Br3N2O5/c1-25-12-5-9(17)2-3-11(12)26-7-13(22)21-20-6-8-4-10(18)16(24)14(19)15(8)23/h2-6,23-24H,7H2,1H3,(H,21,22). The Morgan fingerprint density at radius 1 is 1.19 bits per heavy atom. The Morgan fingerprint density at radius 3 is 2.62 bits per heavy atom. The molecule has 0 atom stereocenters. The third-order valence-electron chi connectivity index (χ3n) is 3.08. The topological polar surface area (TPSA) is 100 Å². The molecule has 7 nitrogen and oxygen atoms in total. The second-order valence-corrected chi connectivity index (χ2v) is 7.40. The number of rotatable bonds is 6. The first-order valence-corrected chi connectivity index (χ1v) is 9.39. The molecular formula is C16H13Br3N2O5. The number of carbonyl (C=O) groups excluding carboxylic acids is 1. The van der Waals surface area contributed by atoms with E-state index in [-0.39, 0.29) is 28.1 Å². The number of ether oxygens (including phenoxy) is 2. The van der Waals surface area contributed by atoms with Crippen molar-refractivity contribution >= 4 is 59.9 Å². The lowest BCUT2D eigenvalue weighted by atomic mass is 10.2. The largest absolute Gasteiger partial charge is 0.506 e. The van der Waals surface area contributed by atoms with Gasteiger partial charge in [0, 0.05) is 10.0 Å². The number of phenols is 2. The normalized spacial score (nSPS) is 10.8. The summed E-state index contributed by atoms with van der Waals surface area (Å²) >= 11 is 9.52. The highest BCUT2D eigenvalue weighted by atomic mass is 79.9. The van der Waals surface area contributed by atoms with E-state index >= 15 is 0 Å². The van der Waals surface area contributed by atoms with Gasteiger partial charge < -0.3 is 19.7 Å². The minimum Gasteiger partial charge on any atom is -0.506 e. The fourth-order valence-electron chi connectivity index (χ4n) is 1.83. The van der Waals surface area contributed by atoms with Crippen LogP contribution in [0.25, 0.3) is 0 Å². The van der Waals surface area contributed by atoms with Gasteiger partial charge in [0.2, 0.25) is 0 Å². The van der Waals surface area contributed by atoms with E-state index in [0.29, 0.717) is 16.0 Å². The second-order valence-electron chi connectivity index (χ2n) is 4.84. The molecule has 2 aromatic carbocycles. The minimum atomic E-state index is -0.498. The summed E-state index contributed by atoms with van der Waals surface area (Å²) in [4.78, 5) is 11.8. The van der Waals surface area contributed by atoms with Gasteiger partial charge in [-0.05, 0) is 56.1 Å². The SMILES string of the molecule is COc1cc(Br)ccc1OCC(=O)NN=Cc1cc(Br)c(O)c(Br)c1O. The van der Waals surface area contributed by atoms with Gasteiger partial charge in [0.15, 0.2) is 18.1 Å². The highest BCUT2D eigenvalue weighted by Crippen LogP contribution is 2.40. The lowest BCUT2D eigenvalue weighted by molar-refractivity contribution is -0.123. The Bertz CT molecular complexity index is 858. The van der Waals surface area contributed by atoms with E-state index in [1.807, 2.05) is 0 Å². The molecule has 0 radical (unpaired) electrons. The van der Waals surface area contributed by atoms with Crippen LogP contribution >= 0.6 is 47.8 Å². The van der Waals surface area contributed by atoms with Crippen molar-refractivity contribution in [3.63, 3.8) is 0 Å². The van der Waals surface area contributed by atoms with Crippen LogP contribution in [-0.2, 0) is 4.79 Å². The fourth-order valence-corrected chi connectivity index (χ4v) is 3.32. The quantitative estimate of drug-likeness (QED) is 0.372. The van der Waals surface area contributed by atoms with Crippen LogP contribution in [0.3, 0.4) is 0 Å². The van der Waals surface area contributed by atoms with Crippen LogP contribution in [0.1, 0.15) is 5.56 Å². The maximum atomic E-state index is 11.8. The van der Waals surface area contributed by atoms with Crippen LogP contribution in [0, 0.1) is 0 Å². The number of benzene rings is 2. The lowest BCUT2D eigenvalue weighted by Gasteiger charge is -2.10. The molecule has 26 heavy (non-hydrogen) atoms. The number of hydrogen-bond donors (Lipinski definition) is 3. The number of amides is 1. The molecule has 0 saturated carbocycles. The van der Waals surface area contributed by atoms with E-state index in [0.717, 1.165) is 4.47 Å².